The second-order valence-corrected chi connectivity index (χ2v) is 8.19. The van der Waals surface area contributed by atoms with E-state index in [9.17, 15) is 13.2 Å². The van der Waals surface area contributed by atoms with Crippen LogP contribution in [0.25, 0.3) is 6.08 Å². The predicted molar refractivity (Wildman–Crippen MR) is 105 cm³/mol. The Balaban J connectivity index is 2.04. The highest BCUT2D eigenvalue weighted by atomic mass is 32.2. The third-order valence-corrected chi connectivity index (χ3v) is 6.04. The van der Waals surface area contributed by atoms with Gasteiger partial charge < -0.3 is 5.32 Å². The first kappa shape index (κ1) is 20.4. The van der Waals surface area contributed by atoms with Crippen molar-refractivity contribution in [3.05, 3.63) is 65.7 Å². The van der Waals surface area contributed by atoms with Crippen LogP contribution in [0.5, 0.6) is 0 Å². The van der Waals surface area contributed by atoms with Gasteiger partial charge in [0.1, 0.15) is 0 Å². The summed E-state index contributed by atoms with van der Waals surface area (Å²) >= 11 is 0. The van der Waals surface area contributed by atoms with Gasteiger partial charge >= 0.3 is 0 Å². The summed E-state index contributed by atoms with van der Waals surface area (Å²) in [6.45, 7) is 3.60. The van der Waals surface area contributed by atoms with Crippen LogP contribution in [0.2, 0.25) is 0 Å². The number of hydrogen-bond donors (Lipinski definition) is 1. The molecule has 0 aliphatic heterocycles. The number of nitriles is 1. The summed E-state index contributed by atoms with van der Waals surface area (Å²) in [4.78, 5) is 12.2. The molecule has 2 aromatic carbocycles. The summed E-state index contributed by atoms with van der Waals surface area (Å²) in [6, 6.07) is 14.7. The molecule has 0 atom stereocenters. The fraction of sp³-hybridized carbons (Fsp3) is 0.200. The molecule has 7 heteroatoms. The van der Waals surface area contributed by atoms with Crippen LogP contribution >= 0.6 is 0 Å². The number of amides is 1. The largest absolute Gasteiger partial charge is 0.323 e. The second-order valence-electron chi connectivity index (χ2n) is 6.20. The van der Waals surface area contributed by atoms with E-state index in [2.05, 4.69) is 5.32 Å². The van der Waals surface area contributed by atoms with Crippen molar-refractivity contribution in [1.29, 1.82) is 5.26 Å². The van der Waals surface area contributed by atoms with Gasteiger partial charge in [0.25, 0.3) is 0 Å². The number of sulfonamides is 1. The summed E-state index contributed by atoms with van der Waals surface area (Å²) in [5, 5.41) is 11.4. The fourth-order valence-electron chi connectivity index (χ4n) is 2.18. The highest BCUT2D eigenvalue weighted by Crippen LogP contribution is 2.19. The van der Waals surface area contributed by atoms with Crippen molar-refractivity contribution in [2.45, 2.75) is 24.8 Å². The Kier molecular flexibility index (Phi) is 6.50. The molecule has 0 aliphatic rings. The average Bonchev–Trinajstić information content (AvgIpc) is 2.66. The van der Waals surface area contributed by atoms with Gasteiger partial charge in [-0.05, 0) is 61.9 Å². The maximum atomic E-state index is 12.4. The van der Waals surface area contributed by atoms with Gasteiger partial charge in [-0.1, -0.05) is 12.1 Å². The Morgan fingerprint density at radius 3 is 2.22 bits per heavy atom. The lowest BCUT2D eigenvalue weighted by Crippen LogP contribution is -2.33. The molecule has 1 N–H and O–H groups in total. The summed E-state index contributed by atoms with van der Waals surface area (Å²) in [5.74, 6) is -0.339. The van der Waals surface area contributed by atoms with E-state index in [4.69, 9.17) is 5.26 Å². The number of hydrogen-bond acceptors (Lipinski definition) is 4. The molecule has 0 saturated carbocycles. The second kappa shape index (κ2) is 8.62. The molecule has 0 bridgehead atoms. The van der Waals surface area contributed by atoms with Gasteiger partial charge in [-0.2, -0.15) is 9.57 Å². The Labute approximate surface area is 159 Å². The van der Waals surface area contributed by atoms with Gasteiger partial charge in [0, 0.05) is 24.9 Å². The predicted octanol–water partition coefficient (Wildman–Crippen LogP) is 3.24. The molecule has 0 saturated heterocycles. The van der Waals surface area contributed by atoms with Crippen LogP contribution in [0.3, 0.4) is 0 Å². The van der Waals surface area contributed by atoms with Crippen molar-refractivity contribution >= 4 is 27.7 Å². The molecule has 140 valence electrons. The standard InChI is InChI=1S/C20H21N3O3S/c1-15(2)23(3)27(25,26)19-11-9-18(10-12-19)22-20(24)13-8-16-4-6-17(14-21)7-5-16/h4-13,15H,1-3H3,(H,22,24)/b13-8+. The lowest BCUT2D eigenvalue weighted by atomic mass is 10.1. The van der Waals surface area contributed by atoms with Gasteiger partial charge in [-0.15, -0.1) is 0 Å². The van der Waals surface area contributed by atoms with E-state index in [-0.39, 0.29) is 16.8 Å². The van der Waals surface area contributed by atoms with Crippen LogP contribution in [0.1, 0.15) is 25.0 Å². The lowest BCUT2D eigenvalue weighted by molar-refractivity contribution is -0.111. The maximum absolute atomic E-state index is 12.4. The first-order valence-corrected chi connectivity index (χ1v) is 9.75. The molecule has 0 heterocycles. The molecule has 0 fully saturated rings. The van der Waals surface area contributed by atoms with Gasteiger partial charge in [-0.25, -0.2) is 8.42 Å². The van der Waals surface area contributed by atoms with Gasteiger partial charge in [0.2, 0.25) is 15.9 Å². The SMILES string of the molecule is CC(C)N(C)S(=O)(=O)c1ccc(NC(=O)/C=C/c2ccc(C#N)cc2)cc1. The summed E-state index contributed by atoms with van der Waals surface area (Å²) in [6.07, 6.45) is 3.01. The van der Waals surface area contributed by atoms with Gasteiger partial charge in [-0.3, -0.25) is 4.79 Å². The number of anilines is 1. The van der Waals surface area contributed by atoms with Crippen LogP contribution in [0.4, 0.5) is 5.69 Å². The molecule has 0 aromatic heterocycles. The first-order chi connectivity index (χ1) is 12.7. The van der Waals surface area contributed by atoms with Crippen LogP contribution < -0.4 is 5.32 Å². The Morgan fingerprint density at radius 2 is 1.70 bits per heavy atom. The molecule has 0 unspecified atom stereocenters. The van der Waals surface area contributed by atoms with E-state index in [1.54, 1.807) is 56.3 Å². The van der Waals surface area contributed by atoms with Crippen LogP contribution in [0, 0.1) is 11.3 Å². The van der Waals surface area contributed by atoms with Gasteiger partial charge in [0.05, 0.1) is 16.5 Å². The van der Waals surface area contributed by atoms with Crippen molar-refractivity contribution in [2.75, 3.05) is 12.4 Å². The molecule has 2 aromatic rings. The van der Waals surface area contributed by atoms with E-state index in [1.807, 2.05) is 6.07 Å². The quantitative estimate of drug-likeness (QED) is 0.776. The maximum Gasteiger partial charge on any atom is 0.248 e. The number of benzene rings is 2. The fourth-order valence-corrected chi connectivity index (χ4v) is 3.55. The third kappa shape index (κ3) is 5.26. The number of nitrogens with one attached hydrogen (secondary N) is 1. The van der Waals surface area contributed by atoms with E-state index in [0.29, 0.717) is 11.3 Å². The van der Waals surface area contributed by atoms with Crippen molar-refractivity contribution in [2.24, 2.45) is 0 Å². The van der Waals surface area contributed by atoms with Gasteiger partial charge in [0.15, 0.2) is 0 Å². The average molecular weight is 383 g/mol. The van der Waals surface area contributed by atoms with Crippen molar-refractivity contribution in [3.8, 4) is 6.07 Å². The van der Waals surface area contributed by atoms with Crippen molar-refractivity contribution < 1.29 is 13.2 Å². The zero-order valence-electron chi connectivity index (χ0n) is 15.4. The van der Waals surface area contributed by atoms with Crippen molar-refractivity contribution in [1.82, 2.24) is 4.31 Å². The Morgan fingerprint density at radius 1 is 1.11 bits per heavy atom. The Hall–Kier alpha value is -2.95. The Bertz CT molecular complexity index is 971. The molecule has 6 nitrogen and oxygen atoms in total. The van der Waals surface area contributed by atoms with E-state index < -0.39 is 10.0 Å². The number of carbonyl (C=O) groups is 1. The zero-order valence-corrected chi connectivity index (χ0v) is 16.2. The highest BCUT2D eigenvalue weighted by molar-refractivity contribution is 7.89. The smallest absolute Gasteiger partial charge is 0.248 e. The van der Waals surface area contributed by atoms with E-state index in [0.717, 1.165) is 5.56 Å². The van der Waals surface area contributed by atoms with E-state index in [1.165, 1.54) is 29.6 Å². The third-order valence-electron chi connectivity index (χ3n) is 3.99. The monoisotopic (exact) mass is 383 g/mol. The van der Waals surface area contributed by atoms with Crippen LogP contribution in [-0.2, 0) is 14.8 Å². The first-order valence-electron chi connectivity index (χ1n) is 8.31. The lowest BCUT2D eigenvalue weighted by Gasteiger charge is -2.21. The minimum absolute atomic E-state index is 0.151. The topological polar surface area (TPSA) is 90.3 Å². The molecule has 2 rings (SSSR count). The molecular weight excluding hydrogens is 362 g/mol. The minimum Gasteiger partial charge on any atom is -0.323 e. The van der Waals surface area contributed by atoms with Crippen LogP contribution in [0.15, 0.2) is 59.5 Å². The molecular formula is C20H21N3O3S. The van der Waals surface area contributed by atoms with Crippen molar-refractivity contribution in [3.63, 3.8) is 0 Å². The molecule has 0 spiro atoms. The molecule has 0 radical (unpaired) electrons. The molecule has 1 amide bonds. The minimum atomic E-state index is -3.55. The zero-order chi connectivity index (χ0) is 20.0. The van der Waals surface area contributed by atoms with E-state index >= 15 is 0 Å². The number of carbonyl (C=O) groups excluding carboxylic acids is 1. The normalized spacial score (nSPS) is 11.7. The molecule has 0 aliphatic carbocycles. The van der Waals surface area contributed by atoms with Crippen LogP contribution in [-0.4, -0.2) is 31.7 Å². The number of rotatable bonds is 6. The number of nitrogens with zero attached hydrogens (tertiary/aromatic N) is 2. The summed E-state index contributed by atoms with van der Waals surface area (Å²) in [7, 11) is -2.02. The summed E-state index contributed by atoms with van der Waals surface area (Å²) in [5.41, 5.74) is 1.84. The summed E-state index contributed by atoms with van der Waals surface area (Å²) < 4.78 is 26.1. The molecule has 27 heavy (non-hydrogen) atoms. The highest BCUT2D eigenvalue weighted by Gasteiger charge is 2.22.